The summed E-state index contributed by atoms with van der Waals surface area (Å²) in [7, 11) is 2.02. The second-order valence-electron chi connectivity index (χ2n) is 4.04. The number of rotatable bonds is 2. The van der Waals surface area contributed by atoms with Crippen molar-refractivity contribution >= 4 is 5.91 Å². The fourth-order valence-corrected chi connectivity index (χ4v) is 1.85. The van der Waals surface area contributed by atoms with E-state index >= 15 is 0 Å². The largest absolute Gasteiger partial charge is 0.340 e. The Kier molecular flexibility index (Phi) is 3.27. The molecule has 1 amide bonds. The molecular weight excluding hydrogens is 166 g/mol. The number of amides is 1. The highest BCUT2D eigenvalue weighted by Gasteiger charge is 2.31. The molecule has 1 fully saturated rings. The molecule has 2 N–H and O–H groups in total. The van der Waals surface area contributed by atoms with Gasteiger partial charge in [-0.15, -0.1) is 0 Å². The van der Waals surface area contributed by atoms with Crippen LogP contribution in [0.2, 0.25) is 0 Å². The van der Waals surface area contributed by atoms with Gasteiger partial charge < -0.3 is 5.32 Å². The maximum atomic E-state index is 10.8. The molecule has 1 aliphatic rings. The van der Waals surface area contributed by atoms with Crippen molar-refractivity contribution in [1.29, 1.82) is 0 Å². The second-order valence-corrected chi connectivity index (χ2v) is 4.04. The second kappa shape index (κ2) is 4.07. The van der Waals surface area contributed by atoms with Gasteiger partial charge in [-0.25, -0.2) is 10.4 Å². The van der Waals surface area contributed by atoms with Crippen molar-refractivity contribution in [3.05, 3.63) is 0 Å². The van der Waals surface area contributed by atoms with Crippen molar-refractivity contribution < 1.29 is 4.79 Å². The summed E-state index contributed by atoms with van der Waals surface area (Å²) in [5.74, 6) is 0.631. The molecule has 0 saturated carbocycles. The van der Waals surface area contributed by atoms with Gasteiger partial charge >= 0.3 is 0 Å². The van der Waals surface area contributed by atoms with Gasteiger partial charge in [-0.2, -0.15) is 0 Å². The highest BCUT2D eigenvalue weighted by atomic mass is 16.1. The topological polar surface area (TPSA) is 44.4 Å². The third-order valence-electron chi connectivity index (χ3n) is 2.48. The van der Waals surface area contributed by atoms with Crippen molar-refractivity contribution in [3.8, 4) is 0 Å². The smallest absolute Gasteiger partial charge is 0.218 e. The summed E-state index contributed by atoms with van der Waals surface area (Å²) in [5, 5.41) is 4.95. The average Bonchev–Trinajstić information content (AvgIpc) is 2.29. The fourth-order valence-electron chi connectivity index (χ4n) is 1.85. The molecule has 1 saturated heterocycles. The zero-order valence-corrected chi connectivity index (χ0v) is 8.79. The summed E-state index contributed by atoms with van der Waals surface area (Å²) >= 11 is 0. The van der Waals surface area contributed by atoms with Crippen LogP contribution in [-0.2, 0) is 4.79 Å². The standard InChI is InChI=1S/C9H19N3O/c1-6(2)8-5-9(10-7(3)13)11-12(8)4/h6,8-9,11H,5H2,1-4H3,(H,10,13). The molecule has 0 aromatic carbocycles. The van der Waals surface area contributed by atoms with E-state index in [-0.39, 0.29) is 12.1 Å². The Morgan fingerprint density at radius 2 is 2.23 bits per heavy atom. The van der Waals surface area contributed by atoms with E-state index in [9.17, 15) is 4.79 Å². The average molecular weight is 185 g/mol. The molecule has 1 heterocycles. The molecule has 1 rings (SSSR count). The Balaban J connectivity index is 2.45. The Morgan fingerprint density at radius 3 is 2.62 bits per heavy atom. The lowest BCUT2D eigenvalue weighted by molar-refractivity contribution is -0.119. The van der Waals surface area contributed by atoms with Gasteiger partial charge in [0.2, 0.25) is 5.91 Å². The first-order valence-corrected chi connectivity index (χ1v) is 4.77. The summed E-state index contributed by atoms with van der Waals surface area (Å²) in [6, 6.07) is 0.511. The third-order valence-corrected chi connectivity index (χ3v) is 2.48. The van der Waals surface area contributed by atoms with Gasteiger partial charge in [-0.05, 0) is 12.3 Å². The summed E-state index contributed by atoms with van der Waals surface area (Å²) in [6.45, 7) is 5.93. The maximum absolute atomic E-state index is 10.8. The van der Waals surface area contributed by atoms with E-state index in [0.29, 0.717) is 12.0 Å². The lowest BCUT2D eigenvalue weighted by Gasteiger charge is -2.21. The van der Waals surface area contributed by atoms with Crippen LogP contribution in [0.15, 0.2) is 0 Å². The molecule has 0 aliphatic carbocycles. The van der Waals surface area contributed by atoms with Gasteiger partial charge in [-0.1, -0.05) is 13.8 Å². The Bertz CT molecular complexity index is 193. The van der Waals surface area contributed by atoms with Crippen molar-refractivity contribution in [2.75, 3.05) is 7.05 Å². The number of hydrogen-bond donors (Lipinski definition) is 2. The van der Waals surface area contributed by atoms with Crippen LogP contribution >= 0.6 is 0 Å². The molecule has 76 valence electrons. The van der Waals surface area contributed by atoms with Crippen LogP contribution in [0.1, 0.15) is 27.2 Å². The highest BCUT2D eigenvalue weighted by Crippen LogP contribution is 2.18. The van der Waals surface area contributed by atoms with E-state index in [2.05, 4.69) is 29.6 Å². The lowest BCUT2D eigenvalue weighted by Crippen LogP contribution is -2.44. The Hall–Kier alpha value is -0.610. The summed E-state index contributed by atoms with van der Waals surface area (Å²) in [5.41, 5.74) is 3.22. The zero-order chi connectivity index (χ0) is 10.0. The van der Waals surface area contributed by atoms with Crippen molar-refractivity contribution in [2.45, 2.75) is 39.4 Å². The van der Waals surface area contributed by atoms with Crippen molar-refractivity contribution in [2.24, 2.45) is 5.92 Å². The number of carbonyl (C=O) groups excluding carboxylic acids is 1. The number of hydrogen-bond acceptors (Lipinski definition) is 3. The number of nitrogens with zero attached hydrogens (tertiary/aromatic N) is 1. The van der Waals surface area contributed by atoms with Gasteiger partial charge in [0.25, 0.3) is 0 Å². The molecular formula is C9H19N3O. The van der Waals surface area contributed by atoms with Crippen molar-refractivity contribution in [1.82, 2.24) is 15.8 Å². The number of carbonyl (C=O) groups is 1. The molecule has 0 spiro atoms. The van der Waals surface area contributed by atoms with Crippen LogP contribution in [0.5, 0.6) is 0 Å². The fraction of sp³-hybridized carbons (Fsp3) is 0.889. The predicted octanol–water partition coefficient (Wildman–Crippen LogP) is 0.313. The van der Waals surface area contributed by atoms with E-state index in [1.807, 2.05) is 7.05 Å². The predicted molar refractivity (Wildman–Crippen MR) is 51.7 cm³/mol. The minimum Gasteiger partial charge on any atom is -0.340 e. The molecule has 1 aliphatic heterocycles. The van der Waals surface area contributed by atoms with Gasteiger partial charge in [0.15, 0.2) is 0 Å². The van der Waals surface area contributed by atoms with E-state index in [1.54, 1.807) is 6.92 Å². The van der Waals surface area contributed by atoms with E-state index in [0.717, 1.165) is 6.42 Å². The van der Waals surface area contributed by atoms with Crippen LogP contribution in [0.3, 0.4) is 0 Å². The zero-order valence-electron chi connectivity index (χ0n) is 8.79. The lowest BCUT2D eigenvalue weighted by atomic mass is 10.0. The molecule has 0 bridgehead atoms. The Morgan fingerprint density at radius 1 is 1.62 bits per heavy atom. The summed E-state index contributed by atoms with van der Waals surface area (Å²) in [4.78, 5) is 10.8. The van der Waals surface area contributed by atoms with E-state index in [4.69, 9.17) is 0 Å². The molecule has 0 aromatic heterocycles. The summed E-state index contributed by atoms with van der Waals surface area (Å²) < 4.78 is 0. The highest BCUT2D eigenvalue weighted by molar-refractivity contribution is 5.73. The number of nitrogens with one attached hydrogen (secondary N) is 2. The van der Waals surface area contributed by atoms with Crippen LogP contribution in [-0.4, -0.2) is 30.2 Å². The molecule has 0 aromatic rings. The van der Waals surface area contributed by atoms with E-state index in [1.165, 1.54) is 0 Å². The first-order valence-electron chi connectivity index (χ1n) is 4.77. The SMILES string of the molecule is CC(=O)NC1CC(C(C)C)N(C)N1. The monoisotopic (exact) mass is 185 g/mol. The van der Waals surface area contributed by atoms with Crippen LogP contribution in [0.4, 0.5) is 0 Å². The van der Waals surface area contributed by atoms with Crippen LogP contribution in [0.25, 0.3) is 0 Å². The molecule has 0 radical (unpaired) electrons. The van der Waals surface area contributed by atoms with Crippen LogP contribution < -0.4 is 10.7 Å². The summed E-state index contributed by atoms with van der Waals surface area (Å²) in [6.07, 6.45) is 1.09. The minimum atomic E-state index is 0.0234. The first-order chi connectivity index (χ1) is 6.00. The molecule has 13 heavy (non-hydrogen) atoms. The van der Waals surface area contributed by atoms with Gasteiger partial charge in [0.1, 0.15) is 0 Å². The normalized spacial score (nSPS) is 29.6. The van der Waals surface area contributed by atoms with Gasteiger partial charge in [0.05, 0.1) is 6.17 Å². The quantitative estimate of drug-likeness (QED) is 0.651. The molecule has 4 heteroatoms. The van der Waals surface area contributed by atoms with Gasteiger partial charge in [-0.3, -0.25) is 4.79 Å². The molecule has 4 nitrogen and oxygen atoms in total. The molecule has 2 unspecified atom stereocenters. The van der Waals surface area contributed by atoms with E-state index < -0.39 is 0 Å². The van der Waals surface area contributed by atoms with Crippen molar-refractivity contribution in [3.63, 3.8) is 0 Å². The van der Waals surface area contributed by atoms with Crippen LogP contribution in [0, 0.1) is 5.92 Å². The number of hydrazine groups is 1. The van der Waals surface area contributed by atoms with Gasteiger partial charge in [0, 0.05) is 20.0 Å². The third kappa shape index (κ3) is 2.67. The Labute approximate surface area is 79.6 Å². The maximum Gasteiger partial charge on any atom is 0.218 e. The minimum absolute atomic E-state index is 0.0234. The molecule has 2 atom stereocenters. The first kappa shape index (κ1) is 10.5.